The summed E-state index contributed by atoms with van der Waals surface area (Å²) >= 11 is 0. The molecule has 1 saturated carbocycles. The number of nitrogens with one attached hydrogen (secondary N) is 2. The number of pyridine rings is 1. The van der Waals surface area contributed by atoms with Gasteiger partial charge < -0.3 is 11.1 Å². The first-order valence-corrected chi connectivity index (χ1v) is 9.88. The zero-order chi connectivity index (χ0) is 20.5. The molecule has 4 N–H and O–H groups in total. The van der Waals surface area contributed by atoms with E-state index in [1.807, 2.05) is 10.7 Å². The Labute approximate surface area is 168 Å². The molecular formula is C20H24N8O. The Balaban J connectivity index is 1.49. The van der Waals surface area contributed by atoms with Crippen LogP contribution in [0.2, 0.25) is 0 Å². The van der Waals surface area contributed by atoms with Crippen LogP contribution in [0.3, 0.4) is 0 Å². The van der Waals surface area contributed by atoms with E-state index in [4.69, 9.17) is 16.0 Å². The monoisotopic (exact) mass is 392 g/mol. The minimum Gasteiger partial charge on any atom is -0.381 e. The highest BCUT2D eigenvalue weighted by atomic mass is 16.1. The number of H-pyrrole nitrogens is 1. The quantitative estimate of drug-likeness (QED) is 0.528. The van der Waals surface area contributed by atoms with Gasteiger partial charge in [-0.25, -0.2) is 9.67 Å². The summed E-state index contributed by atoms with van der Waals surface area (Å²) in [5, 5.41) is 24.0. The van der Waals surface area contributed by atoms with Crippen molar-refractivity contribution in [3.63, 3.8) is 0 Å². The van der Waals surface area contributed by atoms with Crippen molar-refractivity contribution in [2.24, 2.45) is 0 Å². The van der Waals surface area contributed by atoms with Crippen LogP contribution in [0.25, 0.3) is 11.0 Å². The second-order valence-corrected chi connectivity index (χ2v) is 7.72. The highest BCUT2D eigenvalue weighted by molar-refractivity contribution is 6.05. The molecule has 29 heavy (non-hydrogen) atoms. The normalized spacial score (nSPS) is 13.7. The lowest BCUT2D eigenvalue weighted by molar-refractivity contribution is 0.0954. The van der Waals surface area contributed by atoms with E-state index < -0.39 is 0 Å². The van der Waals surface area contributed by atoms with Crippen LogP contribution in [0.4, 0.5) is 5.82 Å². The van der Waals surface area contributed by atoms with Crippen molar-refractivity contribution in [3.8, 4) is 6.07 Å². The number of aromatic nitrogens is 5. The number of fused-ring (bicyclic) bond motifs is 1. The van der Waals surface area contributed by atoms with E-state index in [1.165, 1.54) is 0 Å². The predicted octanol–water partition coefficient (Wildman–Crippen LogP) is 2.43. The maximum atomic E-state index is 12.9. The molecule has 3 aromatic heterocycles. The highest BCUT2D eigenvalue weighted by Crippen LogP contribution is 2.40. The zero-order valence-corrected chi connectivity index (χ0v) is 16.6. The molecule has 0 spiro atoms. The van der Waals surface area contributed by atoms with Crippen molar-refractivity contribution in [1.82, 2.24) is 30.3 Å². The van der Waals surface area contributed by atoms with Gasteiger partial charge in [0.05, 0.1) is 22.8 Å². The Kier molecular flexibility index (Phi) is 4.92. The van der Waals surface area contributed by atoms with Crippen LogP contribution >= 0.6 is 0 Å². The van der Waals surface area contributed by atoms with Gasteiger partial charge in [-0.15, -0.1) is 0 Å². The van der Waals surface area contributed by atoms with Crippen LogP contribution in [0, 0.1) is 11.3 Å². The first-order valence-electron chi connectivity index (χ1n) is 9.88. The fourth-order valence-electron chi connectivity index (χ4n) is 3.45. The third-order valence-electron chi connectivity index (χ3n) is 5.19. The maximum Gasteiger partial charge on any atom is 0.252 e. The molecular weight excluding hydrogens is 368 g/mol. The van der Waals surface area contributed by atoms with Gasteiger partial charge in [0.2, 0.25) is 0 Å². The zero-order valence-electron chi connectivity index (χ0n) is 16.6. The van der Waals surface area contributed by atoms with E-state index in [0.29, 0.717) is 42.1 Å². The van der Waals surface area contributed by atoms with Crippen LogP contribution in [0.15, 0.2) is 12.3 Å². The molecule has 1 aliphatic carbocycles. The number of aromatic amines is 1. The summed E-state index contributed by atoms with van der Waals surface area (Å²) in [6, 6.07) is 4.13. The lowest BCUT2D eigenvalue weighted by Crippen LogP contribution is -2.25. The highest BCUT2D eigenvalue weighted by Gasteiger charge is 2.28. The number of carbonyl (C=O) groups excluding carboxylic acids is 1. The smallest absolute Gasteiger partial charge is 0.252 e. The van der Waals surface area contributed by atoms with Gasteiger partial charge in [0.1, 0.15) is 11.6 Å². The third kappa shape index (κ3) is 3.66. The summed E-state index contributed by atoms with van der Waals surface area (Å²) in [7, 11) is 0. The number of nitrogens with two attached hydrogens (primary N) is 1. The van der Waals surface area contributed by atoms with E-state index in [0.717, 1.165) is 29.6 Å². The Morgan fingerprint density at radius 2 is 2.28 bits per heavy atom. The van der Waals surface area contributed by atoms with E-state index in [-0.39, 0.29) is 17.8 Å². The fraction of sp³-hybridized carbons (Fsp3) is 0.450. The number of hydrogen-bond donors (Lipinski definition) is 3. The molecule has 9 heteroatoms. The van der Waals surface area contributed by atoms with Crippen LogP contribution in [0.1, 0.15) is 72.4 Å². The molecule has 4 rings (SSSR count). The average molecular weight is 392 g/mol. The van der Waals surface area contributed by atoms with Gasteiger partial charge >= 0.3 is 0 Å². The lowest BCUT2D eigenvalue weighted by atomic mass is 10.1. The Morgan fingerprint density at radius 3 is 2.97 bits per heavy atom. The summed E-state index contributed by atoms with van der Waals surface area (Å²) in [4.78, 5) is 17.7. The molecule has 150 valence electrons. The number of carbonyl (C=O) groups is 1. The number of aryl methyl sites for hydroxylation is 1. The number of nitriles is 1. The second-order valence-electron chi connectivity index (χ2n) is 7.72. The van der Waals surface area contributed by atoms with Crippen LogP contribution < -0.4 is 11.1 Å². The molecule has 0 radical (unpaired) electrons. The summed E-state index contributed by atoms with van der Waals surface area (Å²) in [6.07, 6.45) is 5.20. The third-order valence-corrected chi connectivity index (χ3v) is 5.19. The molecule has 0 atom stereocenters. The molecule has 3 aromatic rings. The van der Waals surface area contributed by atoms with Gasteiger partial charge in [0, 0.05) is 24.2 Å². The van der Waals surface area contributed by atoms with E-state index >= 15 is 0 Å². The minimum atomic E-state index is -0.132. The van der Waals surface area contributed by atoms with Gasteiger partial charge in [-0.3, -0.25) is 9.89 Å². The largest absolute Gasteiger partial charge is 0.381 e. The SMILES string of the molecule is CC(C)n1ncc2c(C(=O)NCCCc3[nH]nc(N)c3C#N)cc(C3CC3)nc21. The summed E-state index contributed by atoms with van der Waals surface area (Å²) in [5.41, 5.74) is 9.07. The maximum absolute atomic E-state index is 12.9. The van der Waals surface area contributed by atoms with Crippen LogP contribution in [0.5, 0.6) is 0 Å². The molecule has 0 aliphatic heterocycles. The van der Waals surface area contributed by atoms with Crippen LogP contribution in [-0.4, -0.2) is 37.4 Å². The molecule has 1 aliphatic rings. The molecule has 0 unspecified atom stereocenters. The molecule has 0 saturated heterocycles. The Morgan fingerprint density at radius 1 is 1.48 bits per heavy atom. The number of anilines is 1. The van der Waals surface area contributed by atoms with E-state index in [1.54, 1.807) is 6.20 Å². The van der Waals surface area contributed by atoms with Crippen molar-refractivity contribution >= 4 is 22.8 Å². The molecule has 1 fully saturated rings. The number of rotatable bonds is 7. The van der Waals surface area contributed by atoms with Crippen molar-refractivity contribution in [2.45, 2.75) is 51.5 Å². The Bertz CT molecular complexity index is 1100. The predicted molar refractivity (Wildman–Crippen MR) is 108 cm³/mol. The first kappa shape index (κ1) is 18.9. The van der Waals surface area contributed by atoms with Gasteiger partial charge in [0.25, 0.3) is 5.91 Å². The average Bonchev–Trinajstić information content (AvgIpc) is 3.36. The first-order chi connectivity index (χ1) is 14.0. The summed E-state index contributed by atoms with van der Waals surface area (Å²) < 4.78 is 1.87. The van der Waals surface area contributed by atoms with Gasteiger partial charge in [-0.05, 0) is 45.6 Å². The van der Waals surface area contributed by atoms with Crippen molar-refractivity contribution in [1.29, 1.82) is 5.26 Å². The standard InChI is InChI=1S/C20H24N8O/c1-11(2)28-19-15(10-24-28)13(8-17(25-19)12-5-6-12)20(29)23-7-3-4-16-14(9-21)18(22)27-26-16/h8,10-12H,3-7H2,1-2H3,(H,23,29)(H3,22,26,27). The fourth-order valence-corrected chi connectivity index (χ4v) is 3.45. The molecule has 9 nitrogen and oxygen atoms in total. The van der Waals surface area contributed by atoms with Crippen molar-refractivity contribution in [3.05, 3.63) is 34.8 Å². The number of nitrogen functional groups attached to an aromatic ring is 1. The van der Waals surface area contributed by atoms with Gasteiger partial charge in [-0.1, -0.05) is 0 Å². The topological polar surface area (TPSA) is 138 Å². The van der Waals surface area contributed by atoms with E-state index in [9.17, 15) is 4.79 Å². The number of amides is 1. The van der Waals surface area contributed by atoms with Crippen molar-refractivity contribution < 1.29 is 4.79 Å². The lowest BCUT2D eigenvalue weighted by Gasteiger charge is -2.10. The molecule has 0 aromatic carbocycles. The van der Waals surface area contributed by atoms with Gasteiger partial charge in [-0.2, -0.15) is 15.5 Å². The number of hydrogen-bond acceptors (Lipinski definition) is 6. The van der Waals surface area contributed by atoms with Crippen molar-refractivity contribution in [2.75, 3.05) is 12.3 Å². The number of nitrogens with zero attached hydrogens (tertiary/aromatic N) is 5. The van der Waals surface area contributed by atoms with Gasteiger partial charge in [0.15, 0.2) is 11.5 Å². The molecule has 1 amide bonds. The van der Waals surface area contributed by atoms with E-state index in [2.05, 4.69) is 40.5 Å². The molecule has 3 heterocycles. The molecule has 0 bridgehead atoms. The summed E-state index contributed by atoms with van der Waals surface area (Å²) in [6.45, 7) is 4.58. The van der Waals surface area contributed by atoms with Crippen LogP contribution in [-0.2, 0) is 6.42 Å². The second kappa shape index (κ2) is 7.54. The Hall–Kier alpha value is -3.41. The summed E-state index contributed by atoms with van der Waals surface area (Å²) in [5.74, 6) is 0.518. The minimum absolute atomic E-state index is 0.132.